The molecular weight excluding hydrogens is 348 g/mol. The molecular formula is C18H32N6O3. The van der Waals surface area contributed by atoms with E-state index < -0.39 is 5.60 Å². The van der Waals surface area contributed by atoms with Gasteiger partial charge in [-0.05, 0) is 27.2 Å². The first-order valence-corrected chi connectivity index (χ1v) is 9.41. The van der Waals surface area contributed by atoms with E-state index in [0.29, 0.717) is 6.54 Å². The number of alkyl carbamates (subject to hydrolysis) is 1. The van der Waals surface area contributed by atoms with Crippen LogP contribution in [0.25, 0.3) is 0 Å². The molecule has 1 amide bonds. The lowest BCUT2D eigenvalue weighted by atomic mass is 10.2. The molecule has 27 heavy (non-hydrogen) atoms. The van der Waals surface area contributed by atoms with Crippen molar-refractivity contribution in [3.05, 3.63) is 18.0 Å². The van der Waals surface area contributed by atoms with Gasteiger partial charge in [0.25, 0.3) is 0 Å². The van der Waals surface area contributed by atoms with E-state index in [9.17, 15) is 4.79 Å². The van der Waals surface area contributed by atoms with Crippen LogP contribution in [0.5, 0.6) is 0 Å². The molecule has 1 aromatic heterocycles. The molecule has 0 saturated carbocycles. The molecule has 0 unspecified atom stereocenters. The molecule has 9 heteroatoms. The van der Waals surface area contributed by atoms with Crippen molar-refractivity contribution in [2.75, 3.05) is 46.3 Å². The predicted molar refractivity (Wildman–Crippen MR) is 104 cm³/mol. The van der Waals surface area contributed by atoms with E-state index in [2.05, 4.69) is 30.6 Å². The van der Waals surface area contributed by atoms with Crippen molar-refractivity contribution in [2.45, 2.75) is 39.3 Å². The third kappa shape index (κ3) is 7.86. The molecule has 2 heterocycles. The lowest BCUT2D eigenvalue weighted by molar-refractivity contribution is 0.0527. The summed E-state index contributed by atoms with van der Waals surface area (Å²) in [5, 5.41) is 10.1. The molecule has 0 radical (unpaired) electrons. The number of amides is 1. The number of hydrogen-bond acceptors (Lipinski definition) is 6. The summed E-state index contributed by atoms with van der Waals surface area (Å²) in [5.41, 5.74) is 0.489. The predicted octanol–water partition coefficient (Wildman–Crippen LogP) is 1.28. The quantitative estimate of drug-likeness (QED) is 0.436. The van der Waals surface area contributed by atoms with Crippen LogP contribution in [0, 0.1) is 0 Å². The van der Waals surface area contributed by atoms with Crippen LogP contribution in [0.1, 0.15) is 32.9 Å². The first-order chi connectivity index (χ1) is 12.9. The van der Waals surface area contributed by atoms with E-state index in [0.717, 1.165) is 57.3 Å². The number of rotatable bonds is 6. The first-order valence-electron chi connectivity index (χ1n) is 9.41. The molecule has 1 aromatic rings. The average Bonchev–Trinajstić information content (AvgIpc) is 3.10. The number of aliphatic imine (C=N–C) groups is 1. The van der Waals surface area contributed by atoms with Crippen molar-refractivity contribution in [3.63, 3.8) is 0 Å². The van der Waals surface area contributed by atoms with Gasteiger partial charge in [0, 0.05) is 58.9 Å². The Kier molecular flexibility index (Phi) is 7.90. The molecule has 1 aliphatic rings. The number of hydrogen-bond donors (Lipinski definition) is 2. The van der Waals surface area contributed by atoms with Crippen molar-refractivity contribution in [1.29, 1.82) is 0 Å². The number of ether oxygens (including phenoxy) is 1. The van der Waals surface area contributed by atoms with Gasteiger partial charge in [0.05, 0.1) is 5.69 Å². The summed E-state index contributed by atoms with van der Waals surface area (Å²) in [6.07, 6.45) is 2.02. The van der Waals surface area contributed by atoms with E-state index in [4.69, 9.17) is 9.26 Å². The van der Waals surface area contributed by atoms with Gasteiger partial charge in [-0.15, -0.1) is 0 Å². The maximum Gasteiger partial charge on any atom is 0.407 e. The molecule has 152 valence electrons. The van der Waals surface area contributed by atoms with Crippen LogP contribution < -0.4 is 10.6 Å². The van der Waals surface area contributed by atoms with E-state index in [1.165, 1.54) is 0 Å². The topological polar surface area (TPSA) is 95.2 Å². The third-order valence-electron chi connectivity index (χ3n) is 4.07. The second kappa shape index (κ2) is 10.1. The Bertz CT molecular complexity index is 589. The zero-order valence-corrected chi connectivity index (χ0v) is 16.8. The van der Waals surface area contributed by atoms with Gasteiger partial charge in [0.2, 0.25) is 0 Å². The average molecular weight is 380 g/mol. The Morgan fingerprint density at radius 3 is 2.56 bits per heavy atom. The van der Waals surface area contributed by atoms with Crippen molar-refractivity contribution in [2.24, 2.45) is 4.99 Å². The summed E-state index contributed by atoms with van der Waals surface area (Å²) in [5.74, 6) is 0.897. The molecule has 1 saturated heterocycles. The summed E-state index contributed by atoms with van der Waals surface area (Å²) in [6.45, 7) is 11.4. The molecule has 1 aliphatic heterocycles. The molecule has 0 bridgehead atoms. The van der Waals surface area contributed by atoms with Crippen LogP contribution in [0.2, 0.25) is 0 Å². The maximum atomic E-state index is 11.6. The zero-order chi connectivity index (χ0) is 19.7. The smallest absolute Gasteiger partial charge is 0.407 e. The minimum Gasteiger partial charge on any atom is -0.444 e. The van der Waals surface area contributed by atoms with Gasteiger partial charge in [-0.3, -0.25) is 9.89 Å². The van der Waals surface area contributed by atoms with Crippen LogP contribution in [0.3, 0.4) is 0 Å². The van der Waals surface area contributed by atoms with Crippen molar-refractivity contribution >= 4 is 12.1 Å². The minimum atomic E-state index is -0.472. The Labute approximate surface area is 161 Å². The first kappa shape index (κ1) is 21.0. The highest BCUT2D eigenvalue weighted by atomic mass is 16.6. The molecule has 0 aromatic carbocycles. The summed E-state index contributed by atoms with van der Waals surface area (Å²) in [6, 6.07) is 1.90. The molecule has 2 N–H and O–H groups in total. The van der Waals surface area contributed by atoms with E-state index in [-0.39, 0.29) is 6.09 Å². The van der Waals surface area contributed by atoms with E-state index >= 15 is 0 Å². The largest absolute Gasteiger partial charge is 0.444 e. The number of carbonyl (C=O) groups excluding carboxylic acids is 1. The Morgan fingerprint density at radius 1 is 1.26 bits per heavy atom. The van der Waals surface area contributed by atoms with Crippen molar-refractivity contribution < 1.29 is 14.1 Å². The second-order valence-electron chi connectivity index (χ2n) is 7.51. The zero-order valence-electron chi connectivity index (χ0n) is 16.8. The Morgan fingerprint density at radius 2 is 1.96 bits per heavy atom. The summed E-state index contributed by atoms with van der Waals surface area (Å²) >= 11 is 0. The van der Waals surface area contributed by atoms with Gasteiger partial charge in [-0.1, -0.05) is 5.16 Å². The van der Waals surface area contributed by atoms with Crippen LogP contribution in [-0.4, -0.2) is 78.9 Å². The summed E-state index contributed by atoms with van der Waals surface area (Å²) in [4.78, 5) is 20.6. The van der Waals surface area contributed by atoms with E-state index in [1.807, 2.05) is 26.8 Å². The number of nitrogens with zero attached hydrogens (tertiary/aromatic N) is 4. The highest BCUT2D eigenvalue weighted by molar-refractivity contribution is 5.80. The lowest BCUT2D eigenvalue weighted by Gasteiger charge is -2.36. The highest BCUT2D eigenvalue weighted by Gasteiger charge is 2.20. The normalized spacial score (nSPS) is 16.3. The molecule has 0 aliphatic carbocycles. The molecule has 1 fully saturated rings. The summed E-state index contributed by atoms with van der Waals surface area (Å²) in [7, 11) is 1.79. The highest BCUT2D eigenvalue weighted by Crippen LogP contribution is 2.07. The number of piperazine rings is 1. The number of aromatic nitrogens is 1. The van der Waals surface area contributed by atoms with Crippen molar-refractivity contribution in [1.82, 2.24) is 25.6 Å². The van der Waals surface area contributed by atoms with Gasteiger partial charge < -0.3 is 24.8 Å². The fourth-order valence-corrected chi connectivity index (χ4v) is 2.79. The van der Waals surface area contributed by atoms with Gasteiger partial charge >= 0.3 is 6.09 Å². The van der Waals surface area contributed by atoms with Crippen LogP contribution in [-0.2, 0) is 11.3 Å². The lowest BCUT2D eigenvalue weighted by Crippen LogP contribution is -2.52. The van der Waals surface area contributed by atoms with Crippen molar-refractivity contribution in [3.8, 4) is 0 Å². The maximum absolute atomic E-state index is 11.6. The van der Waals surface area contributed by atoms with Gasteiger partial charge in [-0.2, -0.15) is 0 Å². The van der Waals surface area contributed by atoms with Gasteiger partial charge in [0.1, 0.15) is 11.9 Å². The molecule has 0 spiro atoms. The van der Waals surface area contributed by atoms with E-state index in [1.54, 1.807) is 13.3 Å². The Hall–Kier alpha value is -2.29. The molecule has 0 atom stereocenters. The fourth-order valence-electron chi connectivity index (χ4n) is 2.79. The van der Waals surface area contributed by atoms with Gasteiger partial charge in [-0.25, -0.2) is 4.79 Å². The molecule has 2 rings (SSSR count). The van der Waals surface area contributed by atoms with Gasteiger partial charge in [0.15, 0.2) is 5.96 Å². The number of carbonyl (C=O) groups is 1. The molecule has 9 nitrogen and oxygen atoms in total. The standard InChI is InChI=1S/C18H32N6O3/c1-18(2,3)27-17(25)21-8-5-7-20-16(19-4)24-11-9-23(10-12-24)14-15-6-13-26-22-15/h6,13H,5,7-12,14H2,1-4H3,(H,19,20)(H,21,25). The SMILES string of the molecule is CN=C(NCCCNC(=O)OC(C)(C)C)N1CCN(Cc2ccon2)CC1. The third-order valence-corrected chi connectivity index (χ3v) is 4.07. The van der Waals surface area contributed by atoms with Crippen LogP contribution in [0.15, 0.2) is 21.8 Å². The fraction of sp³-hybridized carbons (Fsp3) is 0.722. The van der Waals surface area contributed by atoms with Crippen LogP contribution in [0.4, 0.5) is 4.79 Å². The minimum absolute atomic E-state index is 0.380. The van der Waals surface area contributed by atoms with Crippen LogP contribution >= 0.6 is 0 Å². The second-order valence-corrected chi connectivity index (χ2v) is 7.51. The summed E-state index contributed by atoms with van der Waals surface area (Å²) < 4.78 is 10.1. The monoisotopic (exact) mass is 380 g/mol. The number of guanidine groups is 1. The Balaban J connectivity index is 1.61. The number of nitrogens with one attached hydrogen (secondary N) is 2.